The average Bonchev–Trinajstić information content (AvgIpc) is 3.64. The van der Waals surface area contributed by atoms with Crippen molar-refractivity contribution in [1.82, 2.24) is 9.80 Å². The molecule has 1 saturated heterocycles. The SMILES string of the molecule is CN(C(=O)C=Cc1ccccc1)[C@@H]1CC[C@H]2[C@@]34CCN(CC5CC5)[C@@]2(O)Cc2ccc(O)c(c23)O[C@@H]14. The number of carbonyl (C=O) groups excluding carboxylic acids is 1. The number of carbonyl (C=O) groups is 1. The van der Waals surface area contributed by atoms with Crippen molar-refractivity contribution >= 4 is 12.0 Å². The molecule has 0 unspecified atom stereocenters. The molecule has 188 valence electrons. The molecular formula is C30H34N2O4. The van der Waals surface area contributed by atoms with Crippen molar-refractivity contribution in [3.05, 3.63) is 65.2 Å². The Morgan fingerprint density at radius 2 is 1.97 bits per heavy atom. The molecule has 0 aromatic heterocycles. The van der Waals surface area contributed by atoms with Gasteiger partial charge >= 0.3 is 0 Å². The van der Waals surface area contributed by atoms with Crippen LogP contribution in [0.5, 0.6) is 11.5 Å². The zero-order chi connectivity index (χ0) is 24.7. The Morgan fingerprint density at radius 1 is 1.17 bits per heavy atom. The number of ether oxygens (including phenoxy) is 1. The van der Waals surface area contributed by atoms with Gasteiger partial charge in [-0.3, -0.25) is 9.69 Å². The first kappa shape index (κ1) is 22.4. The number of phenolic OH excluding ortho intramolecular Hbond substituents is 1. The zero-order valence-electron chi connectivity index (χ0n) is 20.8. The topological polar surface area (TPSA) is 73.2 Å². The van der Waals surface area contributed by atoms with E-state index in [1.807, 2.05) is 54.4 Å². The molecule has 2 aliphatic heterocycles. The van der Waals surface area contributed by atoms with E-state index < -0.39 is 11.1 Å². The molecule has 6 nitrogen and oxygen atoms in total. The van der Waals surface area contributed by atoms with Crippen molar-refractivity contribution in [2.45, 2.75) is 61.8 Å². The number of nitrogens with zero attached hydrogens (tertiary/aromatic N) is 2. The average molecular weight is 487 g/mol. The molecule has 3 aliphatic carbocycles. The van der Waals surface area contributed by atoms with Crippen LogP contribution in [0.3, 0.4) is 0 Å². The molecule has 2 aromatic rings. The summed E-state index contributed by atoms with van der Waals surface area (Å²) in [5.74, 6) is 1.41. The van der Waals surface area contributed by atoms with Gasteiger partial charge in [-0.05, 0) is 61.3 Å². The Labute approximate surface area is 212 Å². The van der Waals surface area contributed by atoms with E-state index in [9.17, 15) is 15.0 Å². The number of phenols is 1. The number of hydrogen-bond acceptors (Lipinski definition) is 5. The lowest BCUT2D eigenvalue weighted by molar-refractivity contribution is -0.228. The van der Waals surface area contributed by atoms with Crippen molar-refractivity contribution in [3.8, 4) is 11.5 Å². The number of amides is 1. The molecule has 2 aromatic carbocycles. The number of rotatable bonds is 5. The quantitative estimate of drug-likeness (QED) is 0.631. The molecule has 3 fully saturated rings. The highest BCUT2D eigenvalue weighted by atomic mass is 16.5. The maximum Gasteiger partial charge on any atom is 0.246 e. The van der Waals surface area contributed by atoms with Crippen LogP contribution in [0.1, 0.15) is 48.8 Å². The number of piperidine rings is 1. The van der Waals surface area contributed by atoms with Crippen LogP contribution in [0, 0.1) is 11.8 Å². The summed E-state index contributed by atoms with van der Waals surface area (Å²) in [6.45, 7) is 1.77. The third kappa shape index (κ3) is 3.07. The van der Waals surface area contributed by atoms with Gasteiger partial charge in [0.15, 0.2) is 11.5 Å². The third-order valence-electron chi connectivity index (χ3n) is 9.75. The lowest BCUT2D eigenvalue weighted by Gasteiger charge is -2.63. The molecular weight excluding hydrogens is 452 g/mol. The van der Waals surface area contributed by atoms with Crippen molar-refractivity contribution < 1.29 is 19.7 Å². The van der Waals surface area contributed by atoms with Crippen molar-refractivity contribution in [3.63, 3.8) is 0 Å². The molecule has 2 N–H and O–H groups in total. The number of hydrogen-bond donors (Lipinski definition) is 2. The zero-order valence-corrected chi connectivity index (χ0v) is 20.8. The van der Waals surface area contributed by atoms with Gasteiger partial charge in [0.05, 0.1) is 6.04 Å². The molecule has 2 saturated carbocycles. The summed E-state index contributed by atoms with van der Waals surface area (Å²) in [6, 6.07) is 13.4. The normalized spacial score (nSPS) is 34.3. The minimum atomic E-state index is -0.908. The standard InChI is InChI=1S/C30H34N2O4/c1-31(25(34)14-9-19-5-3-2-4-6-19)22-11-13-24-29-15-16-32(18-20-7-8-20)30(24,35)17-21-10-12-23(33)27(26(21)29)36-28(22)29/h2-6,9-10,12,14,20,22,24,28,33,35H,7-8,11,13,15-18H2,1H3/t22-,24+,28+,29+,30-/m1/s1. The highest BCUT2D eigenvalue weighted by Gasteiger charge is 2.70. The molecule has 5 atom stereocenters. The van der Waals surface area contributed by atoms with E-state index in [2.05, 4.69) is 4.90 Å². The van der Waals surface area contributed by atoms with Crippen LogP contribution in [0.2, 0.25) is 0 Å². The molecule has 1 spiro atoms. The minimum absolute atomic E-state index is 0.0256. The van der Waals surface area contributed by atoms with Gasteiger partial charge in [0.2, 0.25) is 5.91 Å². The maximum absolute atomic E-state index is 13.3. The summed E-state index contributed by atoms with van der Waals surface area (Å²) in [7, 11) is 1.86. The first-order chi connectivity index (χ1) is 17.4. The summed E-state index contributed by atoms with van der Waals surface area (Å²) in [6.07, 6.45) is 8.77. The van der Waals surface area contributed by atoms with Crippen LogP contribution in [-0.4, -0.2) is 63.9 Å². The number of aromatic hydroxyl groups is 1. The second-order valence-corrected chi connectivity index (χ2v) is 11.6. The molecule has 2 heterocycles. The molecule has 6 heteroatoms. The van der Waals surface area contributed by atoms with Crippen LogP contribution < -0.4 is 4.74 Å². The Morgan fingerprint density at radius 3 is 2.75 bits per heavy atom. The Kier molecular flexibility index (Phi) is 4.87. The van der Waals surface area contributed by atoms with Gasteiger partial charge in [-0.25, -0.2) is 0 Å². The van der Waals surface area contributed by atoms with Gasteiger partial charge in [0.1, 0.15) is 11.8 Å². The van der Waals surface area contributed by atoms with Crippen molar-refractivity contribution in [2.24, 2.45) is 11.8 Å². The number of benzene rings is 2. The highest BCUT2D eigenvalue weighted by Crippen LogP contribution is 2.66. The fraction of sp³-hybridized carbons (Fsp3) is 0.500. The van der Waals surface area contributed by atoms with E-state index >= 15 is 0 Å². The molecule has 0 radical (unpaired) electrons. The Balaban J connectivity index is 1.26. The smallest absolute Gasteiger partial charge is 0.246 e. The predicted molar refractivity (Wildman–Crippen MR) is 137 cm³/mol. The van der Waals surface area contributed by atoms with Crippen LogP contribution >= 0.6 is 0 Å². The van der Waals surface area contributed by atoms with E-state index in [1.165, 1.54) is 12.8 Å². The summed E-state index contributed by atoms with van der Waals surface area (Å²) in [4.78, 5) is 17.5. The van der Waals surface area contributed by atoms with Crippen molar-refractivity contribution in [2.75, 3.05) is 20.1 Å². The van der Waals surface area contributed by atoms with Crippen LogP contribution in [0.25, 0.3) is 6.08 Å². The lowest BCUT2D eigenvalue weighted by atomic mass is 9.49. The number of likely N-dealkylation sites (tertiary alicyclic amines) is 1. The Bertz CT molecular complexity index is 1240. The van der Waals surface area contributed by atoms with Gasteiger partial charge < -0.3 is 19.8 Å². The summed E-state index contributed by atoms with van der Waals surface area (Å²) < 4.78 is 6.63. The van der Waals surface area contributed by atoms with E-state index in [0.29, 0.717) is 18.1 Å². The largest absolute Gasteiger partial charge is 0.504 e. The molecule has 5 aliphatic rings. The second kappa shape index (κ2) is 7.83. The van der Waals surface area contributed by atoms with E-state index in [1.54, 1.807) is 12.1 Å². The Hall–Kier alpha value is -2.83. The molecule has 36 heavy (non-hydrogen) atoms. The predicted octanol–water partition coefficient (Wildman–Crippen LogP) is 3.70. The van der Waals surface area contributed by atoms with Crippen molar-refractivity contribution in [1.29, 1.82) is 0 Å². The fourth-order valence-corrected chi connectivity index (χ4v) is 7.91. The van der Waals surface area contributed by atoms with E-state index in [4.69, 9.17) is 4.74 Å². The lowest BCUT2D eigenvalue weighted by Crippen LogP contribution is -2.74. The summed E-state index contributed by atoms with van der Waals surface area (Å²) in [5.41, 5.74) is 1.87. The van der Waals surface area contributed by atoms with Crippen LogP contribution in [0.15, 0.2) is 48.5 Å². The van der Waals surface area contributed by atoms with Gasteiger partial charge in [-0.2, -0.15) is 0 Å². The minimum Gasteiger partial charge on any atom is -0.504 e. The van der Waals surface area contributed by atoms with E-state index in [-0.39, 0.29) is 29.7 Å². The monoisotopic (exact) mass is 486 g/mol. The number of aliphatic hydroxyl groups is 1. The van der Waals surface area contributed by atoms with Gasteiger partial charge in [-0.1, -0.05) is 36.4 Å². The summed E-state index contributed by atoms with van der Waals surface area (Å²) >= 11 is 0. The third-order valence-corrected chi connectivity index (χ3v) is 9.75. The van der Waals surface area contributed by atoms with Gasteiger partial charge in [0.25, 0.3) is 0 Å². The first-order valence-electron chi connectivity index (χ1n) is 13.4. The summed E-state index contributed by atoms with van der Waals surface area (Å²) in [5, 5.41) is 23.2. The molecule has 7 rings (SSSR count). The molecule has 1 amide bonds. The van der Waals surface area contributed by atoms with Gasteiger partial charge in [0, 0.05) is 49.5 Å². The van der Waals surface area contributed by atoms with Crippen LogP contribution in [0.4, 0.5) is 0 Å². The first-order valence-corrected chi connectivity index (χ1v) is 13.4. The molecule has 2 bridgehead atoms. The van der Waals surface area contributed by atoms with E-state index in [0.717, 1.165) is 49.0 Å². The maximum atomic E-state index is 13.3. The van der Waals surface area contributed by atoms with Crippen LogP contribution in [-0.2, 0) is 16.6 Å². The highest BCUT2D eigenvalue weighted by molar-refractivity contribution is 5.92. The van der Waals surface area contributed by atoms with Gasteiger partial charge in [-0.15, -0.1) is 0 Å². The second-order valence-electron chi connectivity index (χ2n) is 11.6. The fourth-order valence-electron chi connectivity index (χ4n) is 7.91. The number of likely N-dealkylation sites (N-methyl/N-ethyl adjacent to an activating group) is 1.